The number of ether oxygens (including phenoxy) is 1. The highest BCUT2D eigenvalue weighted by Gasteiger charge is 2.41. The first-order chi connectivity index (χ1) is 30.0. The zero-order chi connectivity index (χ0) is 42.7. The molecule has 328 valence electrons. The van der Waals surface area contributed by atoms with Gasteiger partial charge in [-0.25, -0.2) is 23.1 Å². The first kappa shape index (κ1) is 40.8. The second kappa shape index (κ2) is 16.5. The van der Waals surface area contributed by atoms with Gasteiger partial charge >= 0.3 is 6.03 Å². The number of carbonyl (C=O) groups excluding carboxylic acids is 4. The summed E-state index contributed by atoms with van der Waals surface area (Å²) in [7, 11) is 0. The molecule has 19 heteroatoms. The number of halogens is 3. The zero-order valence-corrected chi connectivity index (χ0v) is 35.1. The summed E-state index contributed by atoms with van der Waals surface area (Å²) in [5, 5.41) is 13.9. The second-order valence-electron chi connectivity index (χ2n) is 18.0. The Labute approximate surface area is 361 Å². The first-order valence-electron chi connectivity index (χ1n) is 21.8. The molecule has 2 bridgehead atoms. The summed E-state index contributed by atoms with van der Waals surface area (Å²) < 4.78 is 37.5. The highest BCUT2D eigenvalue weighted by atomic mass is 35.5. The maximum absolute atomic E-state index is 14.3. The van der Waals surface area contributed by atoms with Crippen molar-refractivity contribution in [1.29, 1.82) is 0 Å². The molecule has 5 amide bonds. The number of nitrogens with zero attached hydrogens (tertiary/aromatic N) is 9. The lowest BCUT2D eigenvalue weighted by molar-refractivity contribution is -0.120. The Hall–Kier alpha value is -5.20. The van der Waals surface area contributed by atoms with Crippen LogP contribution in [0.15, 0.2) is 42.9 Å². The molecule has 5 saturated heterocycles. The molecule has 0 radical (unpaired) electrons. The molecule has 2 atom stereocenters. The molecule has 0 unspecified atom stereocenters. The van der Waals surface area contributed by atoms with Crippen molar-refractivity contribution in [2.75, 3.05) is 67.5 Å². The molecule has 62 heavy (non-hydrogen) atoms. The van der Waals surface area contributed by atoms with E-state index in [1.807, 2.05) is 11.0 Å². The molecule has 10 rings (SSSR count). The Balaban J connectivity index is 0.701. The summed E-state index contributed by atoms with van der Waals surface area (Å²) in [6.07, 6.45) is 11.1. The lowest BCUT2D eigenvalue weighted by Crippen LogP contribution is -2.49. The van der Waals surface area contributed by atoms with E-state index in [-0.39, 0.29) is 59.6 Å². The van der Waals surface area contributed by atoms with Gasteiger partial charge in [0.1, 0.15) is 11.4 Å². The third kappa shape index (κ3) is 7.89. The summed E-state index contributed by atoms with van der Waals surface area (Å²) in [4.78, 5) is 64.0. The molecular weight excluding hydrogens is 824 g/mol. The van der Waals surface area contributed by atoms with Gasteiger partial charge in [-0.3, -0.25) is 29.3 Å². The van der Waals surface area contributed by atoms with Crippen LogP contribution in [0.4, 0.5) is 30.8 Å². The highest BCUT2D eigenvalue weighted by Crippen LogP contribution is 2.47. The lowest BCUT2D eigenvalue weighted by Gasteiger charge is -2.47. The number of alkyl halides is 2. The third-order valence-electron chi connectivity index (χ3n) is 14.3. The minimum absolute atomic E-state index is 0.00892. The molecule has 1 spiro atoms. The number of hydrogen-bond acceptors (Lipinski definition) is 10. The van der Waals surface area contributed by atoms with Crippen molar-refractivity contribution in [2.24, 2.45) is 11.3 Å². The summed E-state index contributed by atoms with van der Waals surface area (Å²) in [5.74, 6) is 0.322. The number of aromatic nitrogens is 5. The maximum Gasteiger partial charge on any atom is 0.328 e. The van der Waals surface area contributed by atoms with Crippen molar-refractivity contribution >= 4 is 58.2 Å². The van der Waals surface area contributed by atoms with Crippen LogP contribution in [-0.4, -0.2) is 122 Å². The zero-order valence-electron chi connectivity index (χ0n) is 34.4. The minimum Gasteiger partial charge on any atom is -0.374 e. The maximum atomic E-state index is 14.3. The van der Waals surface area contributed by atoms with Crippen molar-refractivity contribution in [2.45, 2.75) is 88.8 Å². The minimum atomic E-state index is -2.86. The number of likely N-dealkylation sites (tertiary alicyclic amines) is 2. The fourth-order valence-corrected chi connectivity index (χ4v) is 10.8. The van der Waals surface area contributed by atoms with Crippen molar-refractivity contribution in [3.63, 3.8) is 0 Å². The summed E-state index contributed by atoms with van der Waals surface area (Å²) >= 11 is 6.42. The van der Waals surface area contributed by atoms with E-state index in [0.29, 0.717) is 47.5 Å². The number of piperidine rings is 2. The molecule has 3 aromatic heterocycles. The van der Waals surface area contributed by atoms with Crippen LogP contribution in [0.3, 0.4) is 0 Å². The van der Waals surface area contributed by atoms with Gasteiger partial charge in [-0.15, -0.1) is 0 Å². The number of carbonyl (C=O) groups is 4. The number of fused-ring (bicyclic) bond motifs is 3. The Kier molecular flexibility index (Phi) is 10.9. The standard InChI is InChI=1S/C43H50ClF2N11O5/c44-32-2-1-27(19-34(32)54-15-8-36(58)50-42(54)61)41(60)53-17-11-43(12-18-53)9-3-26(4-10-43)22-52-13-5-28(6-14-52)57-24-33(37(51-57)38(45)46)48-40(59)31-21-47-56-16-7-35(49-39(31)56)55-23-30-20-29(55)25-62-30/h1-2,7,16,19,21,24,26,28-30,38H,3-6,8-15,17-18,20,22-23,25H2,(H,48,59)(H,50,58,61)/t29-,30-/m1/s1. The molecule has 1 saturated carbocycles. The van der Waals surface area contributed by atoms with E-state index in [9.17, 15) is 28.0 Å². The van der Waals surface area contributed by atoms with Gasteiger partial charge < -0.3 is 24.8 Å². The molecule has 1 aliphatic carbocycles. The van der Waals surface area contributed by atoms with E-state index in [2.05, 4.69) is 30.6 Å². The average molecular weight is 874 g/mol. The van der Waals surface area contributed by atoms with Gasteiger partial charge in [0.05, 0.1) is 47.4 Å². The second-order valence-corrected chi connectivity index (χ2v) is 18.4. The van der Waals surface area contributed by atoms with E-state index >= 15 is 0 Å². The number of urea groups is 1. The number of hydrogen-bond donors (Lipinski definition) is 2. The quantitative estimate of drug-likeness (QED) is 0.206. The number of morpholine rings is 1. The first-order valence-corrected chi connectivity index (χ1v) is 22.2. The summed E-state index contributed by atoms with van der Waals surface area (Å²) in [6.45, 7) is 5.61. The molecule has 6 aliphatic rings. The fraction of sp³-hybridized carbons (Fsp3) is 0.558. The molecule has 2 N–H and O–H groups in total. The normalized spacial score (nSPS) is 23.6. The Morgan fingerprint density at radius 3 is 2.50 bits per heavy atom. The van der Waals surface area contributed by atoms with Crippen LogP contribution in [0.2, 0.25) is 5.02 Å². The molecule has 6 fully saturated rings. The number of amides is 5. The van der Waals surface area contributed by atoms with Crippen LogP contribution in [0.25, 0.3) is 5.65 Å². The number of anilines is 3. The number of benzene rings is 1. The Morgan fingerprint density at radius 2 is 1.79 bits per heavy atom. The number of imide groups is 1. The molecule has 8 heterocycles. The van der Waals surface area contributed by atoms with Crippen LogP contribution in [0, 0.1) is 11.3 Å². The largest absolute Gasteiger partial charge is 0.374 e. The summed E-state index contributed by atoms with van der Waals surface area (Å²) in [5.41, 5.74) is 1.21. The van der Waals surface area contributed by atoms with Gasteiger partial charge in [0, 0.05) is 70.2 Å². The lowest BCUT2D eigenvalue weighted by atomic mass is 9.65. The average Bonchev–Trinajstić information content (AvgIpc) is 4.10. The van der Waals surface area contributed by atoms with Crippen molar-refractivity contribution in [1.82, 2.24) is 39.5 Å². The molecule has 16 nitrogen and oxygen atoms in total. The van der Waals surface area contributed by atoms with E-state index in [1.54, 1.807) is 29.1 Å². The van der Waals surface area contributed by atoms with Crippen LogP contribution >= 0.6 is 11.6 Å². The van der Waals surface area contributed by atoms with Gasteiger partial charge in [0.15, 0.2) is 11.3 Å². The van der Waals surface area contributed by atoms with Crippen LogP contribution < -0.4 is 20.4 Å². The monoisotopic (exact) mass is 873 g/mol. The van der Waals surface area contributed by atoms with E-state index in [4.69, 9.17) is 21.3 Å². The van der Waals surface area contributed by atoms with Crippen LogP contribution in [0.1, 0.15) is 103 Å². The predicted molar refractivity (Wildman–Crippen MR) is 225 cm³/mol. The number of nitrogens with one attached hydrogen (secondary N) is 2. The van der Waals surface area contributed by atoms with E-state index in [1.165, 1.54) is 21.8 Å². The van der Waals surface area contributed by atoms with E-state index in [0.717, 1.165) is 89.8 Å². The molecule has 5 aliphatic heterocycles. The van der Waals surface area contributed by atoms with Gasteiger partial charge in [-0.1, -0.05) is 11.6 Å². The van der Waals surface area contributed by atoms with Crippen LogP contribution in [0.5, 0.6) is 0 Å². The van der Waals surface area contributed by atoms with Crippen molar-refractivity contribution < 1.29 is 32.7 Å². The van der Waals surface area contributed by atoms with Crippen molar-refractivity contribution in [3.05, 3.63) is 64.7 Å². The smallest absolute Gasteiger partial charge is 0.328 e. The van der Waals surface area contributed by atoms with Gasteiger partial charge in [-0.05, 0) is 93.4 Å². The van der Waals surface area contributed by atoms with Gasteiger partial charge in [0.25, 0.3) is 18.2 Å². The number of rotatable bonds is 9. The molecular formula is C43H50ClF2N11O5. The fourth-order valence-electron chi connectivity index (χ4n) is 10.6. The van der Waals surface area contributed by atoms with Gasteiger partial charge in [-0.2, -0.15) is 10.2 Å². The third-order valence-corrected chi connectivity index (χ3v) is 14.6. The molecule has 4 aromatic rings. The van der Waals surface area contributed by atoms with Crippen molar-refractivity contribution in [3.8, 4) is 0 Å². The molecule has 1 aromatic carbocycles. The Morgan fingerprint density at radius 1 is 1.00 bits per heavy atom. The van der Waals surface area contributed by atoms with Crippen LogP contribution in [-0.2, 0) is 9.53 Å². The highest BCUT2D eigenvalue weighted by molar-refractivity contribution is 6.34. The SMILES string of the molecule is O=C1CCN(c2cc(C(=O)N3CCC4(CCC(CN5CCC(n6cc(NC(=O)c7cnn8ccc(N9C[C@H]%10C[C@@H]9CO%10)nc78)c(C(F)F)n6)CC5)CC4)CC3)ccc2Cl)C(=O)N1. The summed E-state index contributed by atoms with van der Waals surface area (Å²) in [6, 6.07) is 6.48. The van der Waals surface area contributed by atoms with E-state index < -0.39 is 24.1 Å². The predicted octanol–water partition coefficient (Wildman–Crippen LogP) is 5.94. The topological polar surface area (TPSA) is 163 Å². The van der Waals surface area contributed by atoms with Gasteiger partial charge in [0.2, 0.25) is 5.91 Å². The Bertz CT molecular complexity index is 2380.